The highest BCUT2D eigenvalue weighted by Gasteiger charge is 2.03. The second-order valence-corrected chi connectivity index (χ2v) is 4.93. The molecule has 3 rings (SSSR count). The lowest BCUT2D eigenvalue weighted by Crippen LogP contribution is -1.95. The van der Waals surface area contributed by atoms with Crippen molar-refractivity contribution < 1.29 is 0 Å². The first kappa shape index (κ1) is 11.9. The Balaban J connectivity index is 1.68. The predicted molar refractivity (Wildman–Crippen MR) is 71.9 cm³/mol. The van der Waals surface area contributed by atoms with Crippen LogP contribution in [0.15, 0.2) is 47.9 Å². The lowest BCUT2D eigenvalue weighted by atomic mass is 10.2. The molecule has 0 saturated heterocycles. The van der Waals surface area contributed by atoms with E-state index in [0.717, 1.165) is 16.6 Å². The van der Waals surface area contributed by atoms with Crippen LogP contribution < -0.4 is 0 Å². The van der Waals surface area contributed by atoms with E-state index in [1.807, 2.05) is 24.0 Å². The van der Waals surface area contributed by atoms with Gasteiger partial charge >= 0.3 is 0 Å². The average molecular weight is 272 g/mol. The molecule has 6 nitrogen and oxygen atoms in total. The van der Waals surface area contributed by atoms with Crippen molar-refractivity contribution in [2.75, 3.05) is 0 Å². The number of hydrogen-bond acceptors (Lipinski definition) is 5. The minimum absolute atomic E-state index is 0.816. The Morgan fingerprint density at radius 3 is 2.68 bits per heavy atom. The number of hydrogen-bond donors (Lipinski definition) is 0. The van der Waals surface area contributed by atoms with Crippen molar-refractivity contribution in [2.45, 2.75) is 10.9 Å². The van der Waals surface area contributed by atoms with Crippen LogP contribution in [0.4, 0.5) is 0 Å². The molecule has 0 amide bonds. The molecule has 0 atom stereocenters. The van der Waals surface area contributed by atoms with E-state index >= 15 is 0 Å². The Bertz CT molecular complexity index is 643. The van der Waals surface area contributed by atoms with Crippen LogP contribution in [0, 0.1) is 0 Å². The smallest absolute Gasteiger partial charge is 0.209 e. The van der Waals surface area contributed by atoms with Crippen LogP contribution in [0.1, 0.15) is 5.56 Å². The van der Waals surface area contributed by atoms with Gasteiger partial charge in [0.25, 0.3) is 0 Å². The summed E-state index contributed by atoms with van der Waals surface area (Å²) in [6.07, 6.45) is 3.69. The van der Waals surface area contributed by atoms with Gasteiger partial charge < -0.3 is 0 Å². The van der Waals surface area contributed by atoms with E-state index in [4.69, 9.17) is 0 Å². The largest absolute Gasteiger partial charge is 0.241 e. The van der Waals surface area contributed by atoms with E-state index in [1.165, 1.54) is 5.56 Å². The Morgan fingerprint density at radius 2 is 2.05 bits per heavy atom. The molecule has 7 heteroatoms. The molecular formula is C12H12N6S. The fraction of sp³-hybridized carbons (Fsp3) is 0.167. The van der Waals surface area contributed by atoms with Crippen LogP contribution >= 0.6 is 11.8 Å². The molecule has 0 aliphatic rings. The van der Waals surface area contributed by atoms with Gasteiger partial charge in [-0.1, -0.05) is 23.9 Å². The molecule has 0 fully saturated rings. The first-order valence-corrected chi connectivity index (χ1v) is 6.75. The molecule has 0 N–H and O–H groups in total. The number of tetrazole rings is 1. The quantitative estimate of drug-likeness (QED) is 0.676. The minimum atomic E-state index is 0.816. The van der Waals surface area contributed by atoms with E-state index < -0.39 is 0 Å². The van der Waals surface area contributed by atoms with Crippen molar-refractivity contribution in [3.8, 4) is 5.69 Å². The van der Waals surface area contributed by atoms with Crippen LogP contribution in [-0.4, -0.2) is 30.0 Å². The van der Waals surface area contributed by atoms with Crippen molar-refractivity contribution in [2.24, 2.45) is 7.05 Å². The van der Waals surface area contributed by atoms with E-state index in [0.29, 0.717) is 0 Å². The zero-order valence-corrected chi connectivity index (χ0v) is 11.2. The molecule has 0 aliphatic carbocycles. The third-order valence-corrected chi connectivity index (χ3v) is 3.74. The molecule has 0 radical (unpaired) electrons. The maximum Gasteiger partial charge on any atom is 0.209 e. The summed E-state index contributed by atoms with van der Waals surface area (Å²) in [5.41, 5.74) is 2.28. The van der Waals surface area contributed by atoms with Gasteiger partial charge in [0.15, 0.2) is 0 Å². The molecule has 2 heterocycles. The average Bonchev–Trinajstić information content (AvgIpc) is 3.09. The Kier molecular flexibility index (Phi) is 3.28. The summed E-state index contributed by atoms with van der Waals surface area (Å²) < 4.78 is 3.51. The molecule has 0 spiro atoms. The maximum atomic E-state index is 4.20. The van der Waals surface area contributed by atoms with Gasteiger partial charge in [-0.25, -0.2) is 9.36 Å². The van der Waals surface area contributed by atoms with Gasteiger partial charge in [0.2, 0.25) is 5.16 Å². The Labute approximate surface area is 114 Å². The van der Waals surface area contributed by atoms with Crippen LogP contribution in [0.25, 0.3) is 5.69 Å². The number of rotatable bonds is 4. The van der Waals surface area contributed by atoms with Gasteiger partial charge in [0.05, 0.1) is 5.69 Å². The zero-order chi connectivity index (χ0) is 13.1. The second kappa shape index (κ2) is 5.23. The molecule has 0 saturated carbocycles. The first-order chi connectivity index (χ1) is 9.33. The number of thioether (sulfide) groups is 1. The fourth-order valence-electron chi connectivity index (χ4n) is 1.66. The molecule has 2 aromatic heterocycles. The van der Waals surface area contributed by atoms with E-state index in [2.05, 4.69) is 44.9 Å². The van der Waals surface area contributed by atoms with Crippen molar-refractivity contribution >= 4 is 11.8 Å². The topological polar surface area (TPSA) is 61.4 Å². The van der Waals surface area contributed by atoms with Crippen LogP contribution in [-0.2, 0) is 12.8 Å². The molecule has 0 unspecified atom stereocenters. The van der Waals surface area contributed by atoms with Crippen LogP contribution in [0.5, 0.6) is 0 Å². The molecule has 0 bridgehead atoms. The summed E-state index contributed by atoms with van der Waals surface area (Å²) in [5, 5.41) is 16.4. The normalized spacial score (nSPS) is 10.8. The zero-order valence-electron chi connectivity index (χ0n) is 10.3. The van der Waals surface area contributed by atoms with Crippen LogP contribution in [0.3, 0.4) is 0 Å². The number of nitrogens with zero attached hydrogens (tertiary/aromatic N) is 6. The fourth-order valence-corrected chi connectivity index (χ4v) is 2.46. The molecule has 0 aliphatic heterocycles. The highest BCUT2D eigenvalue weighted by Crippen LogP contribution is 2.20. The van der Waals surface area contributed by atoms with Crippen molar-refractivity contribution in [3.05, 3.63) is 48.3 Å². The van der Waals surface area contributed by atoms with Gasteiger partial charge in [-0.3, -0.25) is 0 Å². The van der Waals surface area contributed by atoms with Crippen molar-refractivity contribution in [1.29, 1.82) is 0 Å². The number of aromatic nitrogens is 6. The van der Waals surface area contributed by atoms with Gasteiger partial charge in [0, 0.05) is 25.2 Å². The monoisotopic (exact) mass is 272 g/mol. The first-order valence-electron chi connectivity index (χ1n) is 5.77. The molecule has 3 aromatic rings. The SMILES string of the molecule is Cn1nnnc1SCc1ccc(-n2cccn2)cc1. The van der Waals surface area contributed by atoms with E-state index in [1.54, 1.807) is 22.6 Å². The Morgan fingerprint density at radius 1 is 1.21 bits per heavy atom. The summed E-state index contributed by atoms with van der Waals surface area (Å²) >= 11 is 1.61. The number of aryl methyl sites for hydroxylation is 1. The summed E-state index contributed by atoms with van der Waals surface area (Å²) in [6, 6.07) is 10.2. The van der Waals surface area contributed by atoms with E-state index in [9.17, 15) is 0 Å². The maximum absolute atomic E-state index is 4.20. The third-order valence-electron chi connectivity index (χ3n) is 2.65. The summed E-state index contributed by atoms with van der Waals surface area (Å²) in [7, 11) is 1.84. The minimum Gasteiger partial charge on any atom is -0.241 e. The lowest BCUT2D eigenvalue weighted by molar-refractivity contribution is 0.664. The van der Waals surface area contributed by atoms with E-state index in [-0.39, 0.29) is 0 Å². The standard InChI is InChI=1S/C12H12N6S/c1-17-12(14-15-16-17)19-9-10-3-5-11(6-4-10)18-8-2-7-13-18/h2-8H,9H2,1H3. The summed E-state index contributed by atoms with van der Waals surface area (Å²) in [4.78, 5) is 0. The van der Waals surface area contributed by atoms with Crippen molar-refractivity contribution in [3.63, 3.8) is 0 Å². The predicted octanol–water partition coefficient (Wildman–Crippen LogP) is 1.69. The Hall–Kier alpha value is -2.15. The van der Waals surface area contributed by atoms with Gasteiger partial charge in [-0.05, 0) is 34.2 Å². The highest BCUT2D eigenvalue weighted by atomic mass is 32.2. The summed E-state index contributed by atoms with van der Waals surface area (Å²) in [5.74, 6) is 0.841. The van der Waals surface area contributed by atoms with Gasteiger partial charge in [0.1, 0.15) is 0 Å². The highest BCUT2D eigenvalue weighted by molar-refractivity contribution is 7.98. The summed E-state index contributed by atoms with van der Waals surface area (Å²) in [6.45, 7) is 0. The molecular weight excluding hydrogens is 260 g/mol. The van der Waals surface area contributed by atoms with Gasteiger partial charge in [-0.2, -0.15) is 5.10 Å². The third kappa shape index (κ3) is 2.65. The number of benzene rings is 1. The molecule has 19 heavy (non-hydrogen) atoms. The van der Waals surface area contributed by atoms with Crippen molar-refractivity contribution in [1.82, 2.24) is 30.0 Å². The molecule has 96 valence electrons. The lowest BCUT2D eigenvalue weighted by Gasteiger charge is -2.03. The molecule has 1 aromatic carbocycles. The van der Waals surface area contributed by atoms with Gasteiger partial charge in [-0.15, -0.1) is 5.10 Å². The second-order valence-electron chi connectivity index (χ2n) is 3.99. The van der Waals surface area contributed by atoms with Crippen LogP contribution in [0.2, 0.25) is 0 Å².